The Labute approximate surface area is 152 Å². The van der Waals surface area contributed by atoms with Crippen LogP contribution >= 0.6 is 0 Å². The Hall–Kier alpha value is -2.97. The number of nitrogens with zero attached hydrogens (tertiary/aromatic N) is 5. The van der Waals surface area contributed by atoms with Gasteiger partial charge in [-0.15, -0.1) is 11.8 Å². The highest BCUT2D eigenvalue weighted by Gasteiger charge is 2.23. The van der Waals surface area contributed by atoms with E-state index in [1.54, 1.807) is 20.9 Å². The fraction of sp³-hybridized carbons (Fsp3) is 0.500. The van der Waals surface area contributed by atoms with Crippen molar-refractivity contribution < 1.29 is 4.74 Å². The van der Waals surface area contributed by atoms with Crippen LogP contribution in [0, 0.1) is 23.7 Å². The van der Waals surface area contributed by atoms with Gasteiger partial charge in [-0.05, 0) is 13.8 Å². The fourth-order valence-electron chi connectivity index (χ4n) is 2.85. The Morgan fingerprint density at radius 2 is 1.88 bits per heavy atom. The van der Waals surface area contributed by atoms with Gasteiger partial charge in [0.05, 0.1) is 6.54 Å². The smallest absolute Gasteiger partial charge is 0.302 e. The lowest BCUT2D eigenvalue weighted by Gasteiger charge is -2.28. The van der Waals surface area contributed by atoms with Crippen LogP contribution in [-0.4, -0.2) is 51.9 Å². The average Bonchev–Trinajstić information content (AvgIpc) is 3.03. The lowest BCUT2D eigenvalue weighted by molar-refractivity contribution is 0.322. The van der Waals surface area contributed by atoms with E-state index in [9.17, 15) is 4.79 Å². The second-order valence-electron chi connectivity index (χ2n) is 5.81. The van der Waals surface area contributed by atoms with Gasteiger partial charge in [-0.1, -0.05) is 11.8 Å². The highest BCUT2D eigenvalue weighted by molar-refractivity contribution is 5.74. The third-order valence-corrected chi connectivity index (χ3v) is 4.19. The van der Waals surface area contributed by atoms with Crippen molar-refractivity contribution in [1.82, 2.24) is 24.4 Å². The summed E-state index contributed by atoms with van der Waals surface area (Å²) in [6.45, 7) is 7.46. The van der Waals surface area contributed by atoms with Gasteiger partial charge in [0.25, 0.3) is 5.56 Å². The molecular weight excluding hydrogens is 332 g/mol. The van der Waals surface area contributed by atoms with Crippen LogP contribution in [0.1, 0.15) is 13.8 Å². The van der Waals surface area contributed by atoms with Gasteiger partial charge in [0.1, 0.15) is 0 Å². The van der Waals surface area contributed by atoms with Crippen LogP contribution in [-0.2, 0) is 13.6 Å². The number of anilines is 1. The minimum absolute atomic E-state index is 0.176. The van der Waals surface area contributed by atoms with Gasteiger partial charge >= 0.3 is 6.01 Å². The quantitative estimate of drug-likeness (QED) is 0.777. The molecule has 0 bridgehead atoms. The number of hydrogen-bond acceptors (Lipinski definition) is 6. The molecule has 1 fully saturated rings. The van der Waals surface area contributed by atoms with E-state index >= 15 is 0 Å². The van der Waals surface area contributed by atoms with E-state index in [-0.39, 0.29) is 18.2 Å². The lowest BCUT2D eigenvalue weighted by atomic mass is 10.4. The predicted molar refractivity (Wildman–Crippen MR) is 100 cm³/mol. The van der Waals surface area contributed by atoms with Gasteiger partial charge in [-0.25, -0.2) is 0 Å². The van der Waals surface area contributed by atoms with E-state index in [4.69, 9.17) is 4.74 Å². The van der Waals surface area contributed by atoms with Crippen LogP contribution in [0.4, 0.5) is 5.95 Å². The van der Waals surface area contributed by atoms with Crippen molar-refractivity contribution in [2.75, 3.05) is 37.7 Å². The third kappa shape index (κ3) is 3.37. The first-order valence-corrected chi connectivity index (χ1v) is 8.52. The molecule has 2 aromatic heterocycles. The van der Waals surface area contributed by atoms with Crippen LogP contribution in [0.2, 0.25) is 0 Å². The zero-order valence-corrected chi connectivity index (χ0v) is 15.3. The van der Waals surface area contributed by atoms with Gasteiger partial charge in [0.2, 0.25) is 5.95 Å². The molecular formula is C18H22N6O2. The number of imidazole rings is 1. The molecule has 0 saturated carbocycles. The molecule has 1 aliphatic rings. The number of rotatable bonds is 4. The zero-order chi connectivity index (χ0) is 18.5. The first kappa shape index (κ1) is 17.8. The monoisotopic (exact) mass is 354 g/mol. The van der Waals surface area contributed by atoms with Crippen molar-refractivity contribution in [3.05, 3.63) is 10.4 Å². The first-order chi connectivity index (χ1) is 12.7. The van der Waals surface area contributed by atoms with E-state index in [0.29, 0.717) is 17.7 Å². The second kappa shape index (κ2) is 7.94. The molecule has 0 amide bonds. The molecule has 0 aliphatic carbocycles. The summed E-state index contributed by atoms with van der Waals surface area (Å²) in [7, 11) is 1.64. The molecule has 0 atom stereocenters. The van der Waals surface area contributed by atoms with Gasteiger partial charge in [-0.3, -0.25) is 13.9 Å². The molecule has 0 unspecified atom stereocenters. The summed E-state index contributed by atoms with van der Waals surface area (Å²) in [5.74, 6) is 12.2. The predicted octanol–water partition coefficient (Wildman–Crippen LogP) is -0.0350. The number of piperazine rings is 1. The molecule has 3 rings (SSSR count). The molecule has 1 aliphatic heterocycles. The van der Waals surface area contributed by atoms with Crippen LogP contribution in [0.5, 0.6) is 6.01 Å². The van der Waals surface area contributed by atoms with Crippen molar-refractivity contribution >= 4 is 17.1 Å². The maximum Gasteiger partial charge on any atom is 0.302 e. The van der Waals surface area contributed by atoms with Crippen molar-refractivity contribution in [3.63, 3.8) is 0 Å². The van der Waals surface area contributed by atoms with Gasteiger partial charge in [-0.2, -0.15) is 9.97 Å². The lowest BCUT2D eigenvalue weighted by Crippen LogP contribution is -2.44. The van der Waals surface area contributed by atoms with Gasteiger partial charge < -0.3 is 15.0 Å². The topological polar surface area (TPSA) is 77.2 Å². The molecule has 1 saturated heterocycles. The molecule has 8 nitrogen and oxygen atoms in total. The normalized spacial score (nSPS) is 13.7. The Bertz CT molecular complexity index is 977. The van der Waals surface area contributed by atoms with Gasteiger partial charge in [0.15, 0.2) is 17.8 Å². The minimum atomic E-state index is -0.207. The maximum absolute atomic E-state index is 12.9. The first-order valence-electron chi connectivity index (χ1n) is 8.52. The summed E-state index contributed by atoms with van der Waals surface area (Å²) in [6, 6.07) is 0.211. The molecule has 0 aromatic carbocycles. The van der Waals surface area contributed by atoms with E-state index in [2.05, 4.69) is 43.9 Å². The number of hydrogen-bond donors (Lipinski definition) is 1. The molecule has 0 radical (unpaired) electrons. The molecule has 0 spiro atoms. The zero-order valence-electron chi connectivity index (χ0n) is 15.3. The van der Waals surface area contributed by atoms with E-state index in [1.807, 2.05) is 4.57 Å². The average molecular weight is 354 g/mol. The van der Waals surface area contributed by atoms with Crippen LogP contribution in [0.25, 0.3) is 11.2 Å². The van der Waals surface area contributed by atoms with E-state index < -0.39 is 0 Å². The molecule has 8 heteroatoms. The molecule has 136 valence electrons. The SMILES string of the molecule is CC#CCOc1nc2nc(N3CCNCC3)n(CC#CC)c2c(=O)n1C. The second-order valence-corrected chi connectivity index (χ2v) is 5.81. The summed E-state index contributed by atoms with van der Waals surface area (Å²) in [5.41, 5.74) is 0.609. The summed E-state index contributed by atoms with van der Waals surface area (Å²) in [6.07, 6.45) is 0. The van der Waals surface area contributed by atoms with Crippen molar-refractivity contribution in [2.24, 2.45) is 7.05 Å². The Kier molecular flexibility index (Phi) is 5.45. The third-order valence-electron chi connectivity index (χ3n) is 4.19. The minimum Gasteiger partial charge on any atom is -0.451 e. The molecule has 1 N–H and O–H groups in total. The number of aromatic nitrogens is 4. The van der Waals surface area contributed by atoms with Crippen LogP contribution in [0.15, 0.2) is 4.79 Å². The molecule has 3 heterocycles. The fourth-order valence-corrected chi connectivity index (χ4v) is 2.85. The standard InChI is InChI=1S/C18H22N6O2/c1-4-6-10-24-14-15(20-17(24)23-11-8-19-9-12-23)21-18(22(3)16(14)25)26-13-7-5-2/h19H,8-13H2,1-3H3. The molecule has 26 heavy (non-hydrogen) atoms. The van der Waals surface area contributed by atoms with Crippen LogP contribution < -0.4 is 20.5 Å². The number of nitrogens with one attached hydrogen (secondary N) is 1. The number of ether oxygens (including phenoxy) is 1. The van der Waals surface area contributed by atoms with Crippen molar-refractivity contribution in [1.29, 1.82) is 0 Å². The highest BCUT2D eigenvalue weighted by Crippen LogP contribution is 2.21. The summed E-state index contributed by atoms with van der Waals surface area (Å²) >= 11 is 0. The van der Waals surface area contributed by atoms with E-state index in [0.717, 1.165) is 32.1 Å². The van der Waals surface area contributed by atoms with Crippen LogP contribution in [0.3, 0.4) is 0 Å². The Balaban J connectivity index is 2.13. The summed E-state index contributed by atoms with van der Waals surface area (Å²) < 4.78 is 8.76. The summed E-state index contributed by atoms with van der Waals surface area (Å²) in [4.78, 5) is 24.2. The Morgan fingerprint density at radius 3 is 2.58 bits per heavy atom. The highest BCUT2D eigenvalue weighted by atomic mass is 16.5. The maximum atomic E-state index is 12.9. The van der Waals surface area contributed by atoms with Gasteiger partial charge in [0, 0.05) is 33.2 Å². The van der Waals surface area contributed by atoms with Crippen molar-refractivity contribution in [3.8, 4) is 29.7 Å². The Morgan fingerprint density at radius 1 is 1.15 bits per heavy atom. The summed E-state index contributed by atoms with van der Waals surface area (Å²) in [5, 5.41) is 3.32. The molecule has 2 aromatic rings. The largest absolute Gasteiger partial charge is 0.451 e. The van der Waals surface area contributed by atoms with E-state index in [1.165, 1.54) is 4.57 Å². The number of fused-ring (bicyclic) bond motifs is 1. The van der Waals surface area contributed by atoms with Crippen molar-refractivity contribution in [2.45, 2.75) is 20.4 Å².